The Hall–Kier alpha value is -1.97. The molecule has 0 amide bonds. The first-order valence-electron chi connectivity index (χ1n) is 6.31. The summed E-state index contributed by atoms with van der Waals surface area (Å²) in [6, 6.07) is 6.50. The molecule has 1 aliphatic rings. The van der Waals surface area contributed by atoms with Gasteiger partial charge in [-0.15, -0.1) is 0 Å². The van der Waals surface area contributed by atoms with Crippen molar-refractivity contribution >= 4 is 5.69 Å². The van der Waals surface area contributed by atoms with E-state index in [1.807, 2.05) is 12.1 Å². The van der Waals surface area contributed by atoms with Crippen LogP contribution in [-0.2, 0) is 6.42 Å². The van der Waals surface area contributed by atoms with Gasteiger partial charge in [-0.1, -0.05) is 12.1 Å². The van der Waals surface area contributed by atoms with Crippen molar-refractivity contribution in [2.45, 2.75) is 25.8 Å². The van der Waals surface area contributed by atoms with E-state index in [0.717, 1.165) is 24.1 Å². The van der Waals surface area contributed by atoms with Gasteiger partial charge in [0.25, 0.3) is 0 Å². The van der Waals surface area contributed by atoms with Crippen LogP contribution in [0.5, 0.6) is 0 Å². The summed E-state index contributed by atoms with van der Waals surface area (Å²) in [5.41, 5.74) is 2.42. The van der Waals surface area contributed by atoms with Crippen LogP contribution >= 0.6 is 0 Å². The molecule has 0 fully saturated rings. The van der Waals surface area contributed by atoms with Gasteiger partial charge in [-0.05, 0) is 43.0 Å². The maximum absolute atomic E-state index is 14.0. The molecule has 0 radical (unpaired) electrons. The highest BCUT2D eigenvalue weighted by molar-refractivity contribution is 5.51. The van der Waals surface area contributed by atoms with Crippen LogP contribution in [0.25, 0.3) is 0 Å². The monoisotopic (exact) mass is 260 g/mol. The van der Waals surface area contributed by atoms with Crippen LogP contribution in [0.3, 0.4) is 0 Å². The van der Waals surface area contributed by atoms with Crippen molar-refractivity contribution in [3.8, 4) is 0 Å². The van der Waals surface area contributed by atoms with Gasteiger partial charge in [-0.2, -0.15) is 0 Å². The second-order valence-corrected chi connectivity index (χ2v) is 4.84. The minimum absolute atomic E-state index is 0.0523. The van der Waals surface area contributed by atoms with Crippen molar-refractivity contribution in [3.05, 3.63) is 58.9 Å². The van der Waals surface area contributed by atoms with Crippen molar-refractivity contribution in [2.24, 2.45) is 0 Å². The molecule has 1 aromatic heterocycles. The molecule has 0 saturated heterocycles. The summed E-state index contributed by atoms with van der Waals surface area (Å²) in [7, 11) is 0. The first kappa shape index (κ1) is 12.1. The molecule has 0 bridgehead atoms. The molecule has 19 heavy (non-hydrogen) atoms. The second-order valence-electron chi connectivity index (χ2n) is 4.84. The third kappa shape index (κ3) is 2.07. The Bertz CT molecular complexity index is 626. The average molecular weight is 260 g/mol. The van der Waals surface area contributed by atoms with E-state index in [1.165, 1.54) is 12.1 Å². The normalized spacial score (nSPS) is 17.3. The standard InChI is InChI=1S/C15H14F2N2/c1-9-4-6-11(16)15(13(9)17)19-12-7-5-10-3-2-8-18-14(10)12/h2-4,6,8,12,19H,5,7H2,1H3. The fraction of sp³-hybridized carbons (Fsp3) is 0.267. The summed E-state index contributed by atoms with van der Waals surface area (Å²) in [5.74, 6) is -1.09. The highest BCUT2D eigenvalue weighted by Crippen LogP contribution is 2.34. The molecule has 2 nitrogen and oxygen atoms in total. The van der Waals surface area contributed by atoms with Crippen molar-refractivity contribution in [1.82, 2.24) is 4.98 Å². The number of aromatic nitrogens is 1. The van der Waals surface area contributed by atoms with E-state index in [-0.39, 0.29) is 11.7 Å². The zero-order chi connectivity index (χ0) is 13.4. The minimum atomic E-state index is -0.563. The zero-order valence-corrected chi connectivity index (χ0v) is 10.6. The number of rotatable bonds is 2. The topological polar surface area (TPSA) is 24.9 Å². The second kappa shape index (κ2) is 4.61. The minimum Gasteiger partial charge on any atom is -0.372 e. The van der Waals surface area contributed by atoms with Crippen molar-refractivity contribution in [3.63, 3.8) is 0 Å². The Morgan fingerprint density at radius 2 is 2.11 bits per heavy atom. The molecule has 1 unspecified atom stereocenters. The maximum Gasteiger partial charge on any atom is 0.152 e. The molecule has 4 heteroatoms. The third-order valence-corrected chi connectivity index (χ3v) is 3.56. The predicted molar refractivity (Wildman–Crippen MR) is 70.0 cm³/mol. The van der Waals surface area contributed by atoms with Gasteiger partial charge in [-0.3, -0.25) is 4.98 Å². The van der Waals surface area contributed by atoms with Gasteiger partial charge >= 0.3 is 0 Å². The van der Waals surface area contributed by atoms with Crippen molar-refractivity contribution < 1.29 is 8.78 Å². The summed E-state index contributed by atoms with van der Waals surface area (Å²) < 4.78 is 27.7. The summed E-state index contributed by atoms with van der Waals surface area (Å²) in [5, 5.41) is 2.96. The van der Waals surface area contributed by atoms with E-state index in [4.69, 9.17) is 0 Å². The van der Waals surface area contributed by atoms with Crippen molar-refractivity contribution in [1.29, 1.82) is 0 Å². The molecular formula is C15H14F2N2. The van der Waals surface area contributed by atoms with E-state index < -0.39 is 11.6 Å². The van der Waals surface area contributed by atoms with Gasteiger partial charge in [0.2, 0.25) is 0 Å². The number of halogens is 2. The average Bonchev–Trinajstić information content (AvgIpc) is 2.83. The number of hydrogen-bond acceptors (Lipinski definition) is 2. The molecule has 0 aliphatic heterocycles. The number of nitrogens with one attached hydrogen (secondary N) is 1. The Kier molecular flexibility index (Phi) is 2.93. The molecule has 1 N–H and O–H groups in total. The summed E-state index contributed by atoms with van der Waals surface area (Å²) in [4.78, 5) is 4.31. The van der Waals surface area contributed by atoms with E-state index in [1.54, 1.807) is 13.1 Å². The first-order valence-corrected chi connectivity index (χ1v) is 6.31. The number of anilines is 1. The number of pyridine rings is 1. The lowest BCUT2D eigenvalue weighted by Gasteiger charge is -2.16. The van der Waals surface area contributed by atoms with Crippen LogP contribution < -0.4 is 5.32 Å². The van der Waals surface area contributed by atoms with Crippen LogP contribution in [0.1, 0.15) is 29.3 Å². The summed E-state index contributed by atoms with van der Waals surface area (Å²) >= 11 is 0. The molecule has 98 valence electrons. The van der Waals surface area contributed by atoms with Gasteiger partial charge in [0.1, 0.15) is 11.5 Å². The van der Waals surface area contributed by atoms with Crippen LogP contribution in [0.4, 0.5) is 14.5 Å². The van der Waals surface area contributed by atoms with Gasteiger partial charge < -0.3 is 5.32 Å². The quantitative estimate of drug-likeness (QED) is 0.889. The van der Waals surface area contributed by atoms with Crippen LogP contribution in [0, 0.1) is 18.6 Å². The summed E-state index contributed by atoms with van der Waals surface area (Å²) in [6.45, 7) is 1.63. The predicted octanol–water partition coefficient (Wildman–Crippen LogP) is 3.77. The molecule has 0 saturated carbocycles. The van der Waals surface area contributed by atoms with E-state index in [2.05, 4.69) is 10.3 Å². The van der Waals surface area contributed by atoms with Gasteiger partial charge in [0.05, 0.1) is 11.7 Å². The lowest BCUT2D eigenvalue weighted by Crippen LogP contribution is -2.11. The number of benzene rings is 1. The first-order chi connectivity index (χ1) is 9.16. The van der Waals surface area contributed by atoms with Crippen LogP contribution in [0.2, 0.25) is 0 Å². The molecule has 1 heterocycles. The largest absolute Gasteiger partial charge is 0.372 e. The fourth-order valence-electron chi connectivity index (χ4n) is 2.52. The number of aryl methyl sites for hydroxylation is 2. The highest BCUT2D eigenvalue weighted by atomic mass is 19.1. The number of nitrogens with zero attached hydrogens (tertiary/aromatic N) is 1. The molecule has 1 atom stereocenters. The molecule has 3 rings (SSSR count). The Morgan fingerprint density at radius 3 is 2.95 bits per heavy atom. The Labute approximate surface area is 110 Å². The van der Waals surface area contributed by atoms with Crippen LogP contribution in [-0.4, -0.2) is 4.98 Å². The summed E-state index contributed by atoms with van der Waals surface area (Å²) in [6.07, 6.45) is 3.40. The molecule has 2 aromatic rings. The number of fused-ring (bicyclic) bond motifs is 1. The molecule has 1 aliphatic carbocycles. The van der Waals surface area contributed by atoms with E-state index in [9.17, 15) is 8.78 Å². The highest BCUT2D eigenvalue weighted by Gasteiger charge is 2.25. The lowest BCUT2D eigenvalue weighted by molar-refractivity contribution is 0.575. The Balaban J connectivity index is 1.94. The zero-order valence-electron chi connectivity index (χ0n) is 10.6. The number of hydrogen-bond donors (Lipinski definition) is 1. The third-order valence-electron chi connectivity index (χ3n) is 3.56. The van der Waals surface area contributed by atoms with Gasteiger partial charge in [0, 0.05) is 6.20 Å². The maximum atomic E-state index is 14.0. The lowest BCUT2D eigenvalue weighted by atomic mass is 10.1. The molecular weight excluding hydrogens is 246 g/mol. The van der Waals surface area contributed by atoms with Crippen LogP contribution in [0.15, 0.2) is 30.5 Å². The van der Waals surface area contributed by atoms with Gasteiger partial charge in [0.15, 0.2) is 5.82 Å². The SMILES string of the molecule is Cc1ccc(F)c(NC2CCc3cccnc32)c1F. The Morgan fingerprint density at radius 1 is 1.26 bits per heavy atom. The van der Waals surface area contributed by atoms with Crippen molar-refractivity contribution in [2.75, 3.05) is 5.32 Å². The molecule has 0 spiro atoms. The van der Waals surface area contributed by atoms with E-state index >= 15 is 0 Å². The van der Waals surface area contributed by atoms with Gasteiger partial charge in [-0.25, -0.2) is 8.78 Å². The smallest absolute Gasteiger partial charge is 0.152 e. The molecule has 1 aromatic carbocycles. The fourth-order valence-corrected chi connectivity index (χ4v) is 2.52. The van der Waals surface area contributed by atoms with E-state index in [0.29, 0.717) is 5.56 Å².